The van der Waals surface area contributed by atoms with E-state index in [1.807, 2.05) is 0 Å². The molecule has 0 radical (unpaired) electrons. The van der Waals surface area contributed by atoms with Crippen molar-refractivity contribution in [3.05, 3.63) is 30.0 Å². The van der Waals surface area contributed by atoms with E-state index in [0.717, 1.165) is 54.1 Å². The van der Waals surface area contributed by atoms with Crippen molar-refractivity contribution in [2.24, 2.45) is 46.3 Å². The van der Waals surface area contributed by atoms with Crippen molar-refractivity contribution in [1.82, 2.24) is 4.98 Å². The lowest BCUT2D eigenvalue weighted by molar-refractivity contribution is -0.151. The minimum absolute atomic E-state index is 0.0366. The number of esters is 1. The molecule has 1 aromatic rings. The normalized spacial score (nSPS) is 37.9. The van der Waals surface area contributed by atoms with Crippen molar-refractivity contribution in [2.75, 3.05) is 0 Å². The fraction of sp³-hybridized carbons (Fsp3) is 0.818. The molecule has 0 bridgehead atoms. The molecule has 4 nitrogen and oxygen atoms in total. The molecule has 1 aromatic heterocycles. The molecule has 206 valence electrons. The lowest BCUT2D eigenvalue weighted by Gasteiger charge is -2.58. The summed E-state index contributed by atoms with van der Waals surface area (Å²) in [6, 6.07) is 0. The van der Waals surface area contributed by atoms with Gasteiger partial charge in [-0.2, -0.15) is 0 Å². The van der Waals surface area contributed by atoms with E-state index in [-0.39, 0.29) is 12.1 Å². The van der Waals surface area contributed by atoms with Crippen molar-refractivity contribution < 1.29 is 13.9 Å². The largest absolute Gasteiger partial charge is 0.462 e. The van der Waals surface area contributed by atoms with Crippen LogP contribution < -0.4 is 0 Å². The van der Waals surface area contributed by atoms with Crippen LogP contribution in [0, 0.1) is 46.3 Å². The average Bonchev–Trinajstić information content (AvgIpc) is 3.50. The first-order valence-electron chi connectivity index (χ1n) is 15.5. The Bertz CT molecular complexity index is 951. The number of aromatic nitrogens is 1. The number of carbonyl (C=O) groups excluding carboxylic acids is 1. The van der Waals surface area contributed by atoms with Gasteiger partial charge in [0.15, 0.2) is 6.39 Å². The average molecular weight is 510 g/mol. The molecule has 0 aromatic carbocycles. The van der Waals surface area contributed by atoms with Crippen molar-refractivity contribution >= 4 is 5.97 Å². The van der Waals surface area contributed by atoms with Crippen molar-refractivity contribution in [3.63, 3.8) is 0 Å². The number of aryl methyl sites for hydroxylation is 1. The molecule has 0 amide bonds. The van der Waals surface area contributed by atoms with E-state index < -0.39 is 0 Å². The maximum atomic E-state index is 12.5. The number of carbonyl (C=O) groups is 1. The molecule has 1 heterocycles. The van der Waals surface area contributed by atoms with Crippen LogP contribution in [0.5, 0.6) is 0 Å². The number of hydrogen-bond donors (Lipinski definition) is 0. The molecule has 3 saturated carbocycles. The summed E-state index contributed by atoms with van der Waals surface area (Å²) in [5, 5.41) is 0. The summed E-state index contributed by atoms with van der Waals surface area (Å²) in [7, 11) is 0. The summed E-state index contributed by atoms with van der Waals surface area (Å²) in [6.45, 7) is 12.5. The maximum absolute atomic E-state index is 12.5. The Hall–Kier alpha value is -1.58. The Morgan fingerprint density at radius 3 is 2.70 bits per heavy atom. The predicted molar refractivity (Wildman–Crippen MR) is 148 cm³/mol. The molecule has 4 aliphatic carbocycles. The SMILES string of the molecule is CC(C)CCCC(C)C1CCC2C3CC=C4CC(OC(=O)CCc5cnco5)CCC4(C)C3CCC12C. The third-order valence-electron chi connectivity index (χ3n) is 11.6. The molecular weight excluding hydrogens is 458 g/mol. The van der Waals surface area contributed by atoms with Crippen molar-refractivity contribution in [2.45, 2.75) is 124 Å². The molecule has 0 N–H and O–H groups in total. The summed E-state index contributed by atoms with van der Waals surface area (Å²) < 4.78 is 11.2. The highest BCUT2D eigenvalue weighted by atomic mass is 16.5. The molecule has 8 atom stereocenters. The molecule has 0 aliphatic heterocycles. The van der Waals surface area contributed by atoms with Gasteiger partial charge in [-0.3, -0.25) is 4.79 Å². The number of rotatable bonds is 9. The Balaban J connectivity index is 1.20. The van der Waals surface area contributed by atoms with E-state index in [4.69, 9.17) is 9.15 Å². The van der Waals surface area contributed by atoms with Gasteiger partial charge >= 0.3 is 5.97 Å². The summed E-state index contributed by atoms with van der Waals surface area (Å²) in [5.41, 5.74) is 2.43. The molecule has 3 fully saturated rings. The highest BCUT2D eigenvalue weighted by molar-refractivity contribution is 5.69. The highest BCUT2D eigenvalue weighted by Gasteiger charge is 2.59. The highest BCUT2D eigenvalue weighted by Crippen LogP contribution is 2.67. The first kappa shape index (κ1) is 27.0. The van der Waals surface area contributed by atoms with Crippen LogP contribution in [0.1, 0.15) is 117 Å². The number of oxazole rings is 1. The van der Waals surface area contributed by atoms with Gasteiger partial charge in [0.2, 0.25) is 0 Å². The van der Waals surface area contributed by atoms with Crippen LogP contribution in [0.2, 0.25) is 0 Å². The van der Waals surface area contributed by atoms with Gasteiger partial charge in [-0.15, -0.1) is 0 Å². The van der Waals surface area contributed by atoms with E-state index >= 15 is 0 Å². The van der Waals surface area contributed by atoms with Crippen LogP contribution in [-0.4, -0.2) is 17.1 Å². The second-order valence-corrected chi connectivity index (χ2v) is 14.1. The van der Waals surface area contributed by atoms with E-state index in [1.165, 1.54) is 64.2 Å². The molecule has 0 spiro atoms. The molecular formula is C33H51NO3. The number of fused-ring (bicyclic) bond motifs is 5. The smallest absolute Gasteiger partial charge is 0.306 e. The molecule has 37 heavy (non-hydrogen) atoms. The Morgan fingerprint density at radius 1 is 1.11 bits per heavy atom. The third-order valence-corrected chi connectivity index (χ3v) is 11.6. The molecule has 4 aliphatic rings. The van der Waals surface area contributed by atoms with Gasteiger partial charge in [0.1, 0.15) is 11.9 Å². The summed E-state index contributed by atoms with van der Waals surface area (Å²) in [5.74, 6) is 5.80. The first-order chi connectivity index (χ1) is 17.7. The second-order valence-electron chi connectivity index (χ2n) is 14.1. The minimum Gasteiger partial charge on any atom is -0.462 e. The summed E-state index contributed by atoms with van der Waals surface area (Å²) >= 11 is 0. The summed E-state index contributed by atoms with van der Waals surface area (Å²) in [4.78, 5) is 16.4. The standard InChI is InChI=1S/C33H51NO3/c1-22(2)7-6-8-23(3)28-12-13-29-27-11-9-24-19-25(37-31(35)14-10-26-20-34-21-36-26)15-17-32(24,4)30(27)16-18-33(28,29)5/h9,20-23,25,27-30H,6-8,10-19H2,1-5H3. The van der Waals surface area contributed by atoms with Crippen LogP contribution in [0.3, 0.4) is 0 Å². The predicted octanol–water partition coefficient (Wildman–Crippen LogP) is 8.56. The fourth-order valence-corrected chi connectivity index (χ4v) is 9.59. The zero-order valence-corrected chi connectivity index (χ0v) is 24.1. The van der Waals surface area contributed by atoms with Gasteiger partial charge in [-0.25, -0.2) is 4.98 Å². The van der Waals surface area contributed by atoms with E-state index in [1.54, 1.807) is 11.8 Å². The number of nitrogens with zero attached hydrogens (tertiary/aromatic N) is 1. The zero-order chi connectivity index (χ0) is 26.2. The maximum Gasteiger partial charge on any atom is 0.306 e. The van der Waals surface area contributed by atoms with Crippen LogP contribution in [0.15, 0.2) is 28.7 Å². The Morgan fingerprint density at radius 2 is 1.95 bits per heavy atom. The van der Waals surface area contributed by atoms with Crippen molar-refractivity contribution in [1.29, 1.82) is 0 Å². The number of ether oxygens (including phenoxy) is 1. The van der Waals surface area contributed by atoms with Crippen molar-refractivity contribution in [3.8, 4) is 0 Å². The van der Waals surface area contributed by atoms with Crippen LogP contribution in [-0.2, 0) is 16.0 Å². The second kappa shape index (κ2) is 10.9. The Labute approximate surface area is 225 Å². The van der Waals surface area contributed by atoms with Gasteiger partial charge in [0, 0.05) is 12.8 Å². The minimum atomic E-state index is -0.104. The van der Waals surface area contributed by atoms with Crippen LogP contribution in [0.25, 0.3) is 0 Å². The van der Waals surface area contributed by atoms with Gasteiger partial charge < -0.3 is 9.15 Å². The third kappa shape index (κ3) is 5.33. The Kier molecular flexibility index (Phi) is 7.95. The quantitative estimate of drug-likeness (QED) is 0.247. The molecule has 0 saturated heterocycles. The number of allylic oxidation sites excluding steroid dienone is 1. The van der Waals surface area contributed by atoms with Gasteiger partial charge in [-0.05, 0) is 91.3 Å². The fourth-order valence-electron chi connectivity index (χ4n) is 9.59. The van der Waals surface area contributed by atoms with E-state index in [0.29, 0.717) is 23.7 Å². The molecule has 5 rings (SSSR count). The van der Waals surface area contributed by atoms with Gasteiger partial charge in [0.05, 0.1) is 12.6 Å². The van der Waals surface area contributed by atoms with Crippen LogP contribution >= 0.6 is 0 Å². The van der Waals surface area contributed by atoms with Gasteiger partial charge in [-0.1, -0.05) is 65.5 Å². The van der Waals surface area contributed by atoms with E-state index in [9.17, 15) is 4.79 Å². The molecule has 4 heteroatoms. The summed E-state index contributed by atoms with van der Waals surface area (Å²) in [6.07, 6.45) is 20.9. The number of hydrogen-bond acceptors (Lipinski definition) is 4. The van der Waals surface area contributed by atoms with Crippen LogP contribution in [0.4, 0.5) is 0 Å². The van der Waals surface area contributed by atoms with Gasteiger partial charge in [0.25, 0.3) is 0 Å². The zero-order valence-electron chi connectivity index (χ0n) is 24.1. The monoisotopic (exact) mass is 509 g/mol. The molecule has 8 unspecified atom stereocenters. The lowest BCUT2D eigenvalue weighted by Crippen LogP contribution is -2.51. The lowest BCUT2D eigenvalue weighted by atomic mass is 9.47. The topological polar surface area (TPSA) is 52.3 Å². The first-order valence-corrected chi connectivity index (χ1v) is 15.5. The van der Waals surface area contributed by atoms with E-state index in [2.05, 4.69) is 45.7 Å².